The summed E-state index contributed by atoms with van der Waals surface area (Å²) in [5, 5.41) is 17.3. The number of nitrogens with zero attached hydrogens (tertiary/aromatic N) is 5. The van der Waals surface area contributed by atoms with Gasteiger partial charge in [0.1, 0.15) is 5.69 Å². The molecule has 0 aliphatic carbocycles. The molecule has 5 rings (SSSR count). The van der Waals surface area contributed by atoms with Crippen LogP contribution in [-0.2, 0) is 10.0 Å². The third-order valence-electron chi connectivity index (χ3n) is 6.64. The average Bonchev–Trinajstić information content (AvgIpc) is 2.90. The molecule has 0 bridgehead atoms. The quantitative estimate of drug-likeness (QED) is 0.293. The first kappa shape index (κ1) is 24.6. The molecule has 10 nitrogen and oxygen atoms in total. The molecule has 0 saturated carbocycles. The number of hydrogen-bond acceptors (Lipinski definition) is 7. The molecule has 3 aromatic carbocycles. The van der Waals surface area contributed by atoms with Gasteiger partial charge in [0.05, 0.1) is 20.9 Å². The largest absolute Gasteiger partial charge is 0.369 e. The average molecular weight is 520 g/mol. The monoisotopic (exact) mass is 519 g/mol. The molecule has 1 aromatic heterocycles. The van der Waals surface area contributed by atoms with Gasteiger partial charge in [0.25, 0.3) is 11.2 Å². The summed E-state index contributed by atoms with van der Waals surface area (Å²) < 4.78 is 28.7. The van der Waals surface area contributed by atoms with Crippen LogP contribution in [0.5, 0.6) is 0 Å². The van der Waals surface area contributed by atoms with Gasteiger partial charge >= 0.3 is 0 Å². The standard InChI is InChI=1S/C26H25N5O5S/c1-18-7-10-21(11-8-18)37(35,36)29-15-13-28(14-16-29)20-9-12-24(31(33)34)25(17-20)30-26(32)23-6-4-3-5-22(23)19(2)27-30/h3-12,17H,13-16H2,1-2H3. The molecule has 0 atom stereocenters. The molecule has 1 aliphatic heterocycles. The van der Waals surface area contributed by atoms with E-state index in [1.807, 2.05) is 17.9 Å². The van der Waals surface area contributed by atoms with Crippen molar-refractivity contribution in [2.45, 2.75) is 18.7 Å². The highest BCUT2D eigenvalue weighted by atomic mass is 32.2. The van der Waals surface area contributed by atoms with E-state index in [2.05, 4.69) is 5.10 Å². The molecule has 0 amide bonds. The van der Waals surface area contributed by atoms with Crippen LogP contribution in [0.25, 0.3) is 16.5 Å². The Morgan fingerprint density at radius 2 is 1.54 bits per heavy atom. The SMILES string of the molecule is Cc1ccc(S(=O)(=O)N2CCN(c3ccc([N+](=O)[O-])c(-n4nc(C)c5ccccc5c4=O)c3)CC2)cc1. The van der Waals surface area contributed by atoms with E-state index >= 15 is 0 Å². The van der Waals surface area contributed by atoms with Gasteiger partial charge in [-0.2, -0.15) is 14.1 Å². The van der Waals surface area contributed by atoms with Crippen molar-refractivity contribution in [3.8, 4) is 5.69 Å². The maximum absolute atomic E-state index is 13.2. The Labute approximate surface area is 213 Å². The fourth-order valence-electron chi connectivity index (χ4n) is 4.59. The second-order valence-corrected chi connectivity index (χ2v) is 10.9. The Kier molecular flexibility index (Phi) is 6.26. The summed E-state index contributed by atoms with van der Waals surface area (Å²) in [7, 11) is -3.62. The highest BCUT2D eigenvalue weighted by Gasteiger charge is 2.29. The zero-order chi connectivity index (χ0) is 26.3. The first-order valence-electron chi connectivity index (χ1n) is 11.8. The van der Waals surface area contributed by atoms with E-state index in [0.29, 0.717) is 35.2 Å². The van der Waals surface area contributed by atoms with Crippen molar-refractivity contribution in [3.05, 3.63) is 98.5 Å². The van der Waals surface area contributed by atoms with E-state index in [0.717, 1.165) is 10.2 Å². The molecule has 11 heteroatoms. The number of nitro benzene ring substituents is 1. The molecule has 1 aliphatic rings. The van der Waals surface area contributed by atoms with Crippen LogP contribution in [0.1, 0.15) is 11.3 Å². The maximum atomic E-state index is 13.2. The molecule has 4 aromatic rings. The van der Waals surface area contributed by atoms with Crippen molar-refractivity contribution in [2.75, 3.05) is 31.1 Å². The normalized spacial score (nSPS) is 14.7. The van der Waals surface area contributed by atoms with Crippen LogP contribution >= 0.6 is 0 Å². The van der Waals surface area contributed by atoms with Gasteiger partial charge in [0.15, 0.2) is 0 Å². The number of aryl methyl sites for hydroxylation is 2. The van der Waals surface area contributed by atoms with Crippen molar-refractivity contribution in [3.63, 3.8) is 0 Å². The van der Waals surface area contributed by atoms with Gasteiger partial charge in [-0.1, -0.05) is 35.9 Å². The van der Waals surface area contributed by atoms with E-state index in [4.69, 9.17) is 0 Å². The lowest BCUT2D eigenvalue weighted by atomic mass is 10.1. The number of rotatable bonds is 5. The predicted molar refractivity (Wildman–Crippen MR) is 141 cm³/mol. The first-order valence-corrected chi connectivity index (χ1v) is 13.2. The zero-order valence-electron chi connectivity index (χ0n) is 20.4. The molecule has 190 valence electrons. The van der Waals surface area contributed by atoms with Crippen LogP contribution in [0, 0.1) is 24.0 Å². The zero-order valence-corrected chi connectivity index (χ0v) is 21.2. The molecule has 0 unspecified atom stereocenters. The Morgan fingerprint density at radius 1 is 0.892 bits per heavy atom. The van der Waals surface area contributed by atoms with E-state index in [-0.39, 0.29) is 29.4 Å². The molecule has 37 heavy (non-hydrogen) atoms. The third-order valence-corrected chi connectivity index (χ3v) is 8.55. The third kappa shape index (κ3) is 4.47. The number of anilines is 1. The van der Waals surface area contributed by atoms with Crippen LogP contribution in [0.4, 0.5) is 11.4 Å². The van der Waals surface area contributed by atoms with E-state index < -0.39 is 20.5 Å². The number of hydrogen-bond donors (Lipinski definition) is 0. The molecule has 0 N–H and O–H groups in total. The summed E-state index contributed by atoms with van der Waals surface area (Å²) in [5.41, 5.74) is 1.57. The van der Waals surface area contributed by atoms with Gasteiger partial charge < -0.3 is 4.90 Å². The van der Waals surface area contributed by atoms with E-state index in [1.54, 1.807) is 61.5 Å². The van der Waals surface area contributed by atoms with Crippen molar-refractivity contribution < 1.29 is 13.3 Å². The molecule has 0 radical (unpaired) electrons. The van der Waals surface area contributed by atoms with Crippen LogP contribution < -0.4 is 10.5 Å². The first-order chi connectivity index (χ1) is 17.7. The summed E-state index contributed by atoms with van der Waals surface area (Å²) in [6.07, 6.45) is 0. The minimum absolute atomic E-state index is 0.0658. The van der Waals surface area contributed by atoms with Gasteiger partial charge in [-0.3, -0.25) is 14.9 Å². The maximum Gasteiger partial charge on any atom is 0.295 e. The fraction of sp³-hybridized carbons (Fsp3) is 0.231. The molecule has 2 heterocycles. The van der Waals surface area contributed by atoms with Crippen LogP contribution in [0.15, 0.2) is 76.4 Å². The smallest absolute Gasteiger partial charge is 0.295 e. The molecule has 0 spiro atoms. The minimum atomic E-state index is -3.62. The van der Waals surface area contributed by atoms with Gasteiger partial charge in [0.2, 0.25) is 10.0 Å². The Hall–Kier alpha value is -4.09. The van der Waals surface area contributed by atoms with Gasteiger partial charge in [-0.05, 0) is 44.2 Å². The lowest BCUT2D eigenvalue weighted by Gasteiger charge is -2.35. The predicted octanol–water partition coefficient (Wildman–Crippen LogP) is 3.42. The van der Waals surface area contributed by atoms with E-state index in [1.165, 1.54) is 10.4 Å². The Morgan fingerprint density at radius 3 is 2.19 bits per heavy atom. The lowest BCUT2D eigenvalue weighted by Crippen LogP contribution is -2.48. The van der Waals surface area contributed by atoms with Crippen molar-refractivity contribution in [1.29, 1.82) is 0 Å². The number of sulfonamides is 1. The Bertz CT molecular complexity index is 1670. The number of piperazine rings is 1. The molecular formula is C26H25N5O5S. The highest BCUT2D eigenvalue weighted by Crippen LogP contribution is 2.29. The number of benzene rings is 3. The van der Waals surface area contributed by atoms with Crippen LogP contribution in [0.3, 0.4) is 0 Å². The second kappa shape index (κ2) is 9.41. The Balaban J connectivity index is 1.47. The van der Waals surface area contributed by atoms with Gasteiger partial charge in [-0.15, -0.1) is 0 Å². The lowest BCUT2D eigenvalue weighted by molar-refractivity contribution is -0.384. The van der Waals surface area contributed by atoms with Crippen molar-refractivity contribution in [1.82, 2.24) is 14.1 Å². The van der Waals surface area contributed by atoms with Gasteiger partial charge in [-0.25, -0.2) is 8.42 Å². The number of fused-ring (bicyclic) bond motifs is 1. The van der Waals surface area contributed by atoms with Crippen molar-refractivity contribution >= 4 is 32.2 Å². The summed E-state index contributed by atoms with van der Waals surface area (Å²) in [6, 6.07) is 18.3. The summed E-state index contributed by atoms with van der Waals surface area (Å²) in [6.45, 7) is 4.95. The summed E-state index contributed by atoms with van der Waals surface area (Å²) >= 11 is 0. The molecular weight excluding hydrogens is 494 g/mol. The number of aromatic nitrogens is 2. The summed E-state index contributed by atoms with van der Waals surface area (Å²) in [5.74, 6) is 0. The minimum Gasteiger partial charge on any atom is -0.369 e. The van der Waals surface area contributed by atoms with Gasteiger partial charge in [0, 0.05) is 43.3 Å². The summed E-state index contributed by atoms with van der Waals surface area (Å²) in [4.78, 5) is 26.7. The topological polar surface area (TPSA) is 119 Å². The van der Waals surface area contributed by atoms with Crippen molar-refractivity contribution in [2.24, 2.45) is 0 Å². The van der Waals surface area contributed by atoms with E-state index in [9.17, 15) is 23.3 Å². The fourth-order valence-corrected chi connectivity index (χ4v) is 6.01. The molecule has 1 saturated heterocycles. The number of nitro groups is 1. The van der Waals surface area contributed by atoms with Crippen LogP contribution in [-0.4, -0.2) is 53.6 Å². The van der Waals surface area contributed by atoms with Crippen LogP contribution in [0.2, 0.25) is 0 Å². The highest BCUT2D eigenvalue weighted by molar-refractivity contribution is 7.89. The second-order valence-electron chi connectivity index (χ2n) is 8.98. The molecule has 1 fully saturated rings.